The van der Waals surface area contributed by atoms with Gasteiger partial charge in [0.25, 0.3) is 16.4 Å². The fourth-order valence-corrected chi connectivity index (χ4v) is 2.24. The SMILES string of the molecule is Nc1cc(Br)nc(S(N)(=O)=O)c1C(F)F. The average Bonchev–Trinajstić information content (AvgIpc) is 1.99. The summed E-state index contributed by atoms with van der Waals surface area (Å²) < 4.78 is 46.9. The van der Waals surface area contributed by atoms with Crippen LogP contribution in [0, 0.1) is 0 Å². The number of nitrogens with two attached hydrogens (primary N) is 2. The molecule has 0 saturated carbocycles. The van der Waals surface area contributed by atoms with Crippen molar-refractivity contribution < 1.29 is 17.2 Å². The maximum absolute atomic E-state index is 12.5. The van der Waals surface area contributed by atoms with E-state index in [2.05, 4.69) is 20.9 Å². The van der Waals surface area contributed by atoms with Crippen molar-refractivity contribution in [3.05, 3.63) is 16.2 Å². The van der Waals surface area contributed by atoms with Gasteiger partial charge in [0.15, 0.2) is 5.03 Å². The minimum absolute atomic E-state index is 0.0217. The predicted molar refractivity (Wildman–Crippen MR) is 52.7 cm³/mol. The molecule has 0 atom stereocenters. The van der Waals surface area contributed by atoms with Gasteiger partial charge in [-0.3, -0.25) is 0 Å². The van der Waals surface area contributed by atoms with Crippen LogP contribution in [0.4, 0.5) is 14.5 Å². The molecule has 0 aromatic carbocycles. The van der Waals surface area contributed by atoms with Crippen molar-refractivity contribution in [2.24, 2.45) is 5.14 Å². The molecular formula is C6H6BrF2N3O2S. The molecule has 0 saturated heterocycles. The maximum atomic E-state index is 12.5. The van der Waals surface area contributed by atoms with Crippen LogP contribution < -0.4 is 10.9 Å². The number of anilines is 1. The van der Waals surface area contributed by atoms with Crippen LogP contribution >= 0.6 is 15.9 Å². The van der Waals surface area contributed by atoms with E-state index in [9.17, 15) is 17.2 Å². The van der Waals surface area contributed by atoms with E-state index in [4.69, 9.17) is 10.9 Å². The number of hydrogen-bond donors (Lipinski definition) is 2. The lowest BCUT2D eigenvalue weighted by atomic mass is 10.2. The van der Waals surface area contributed by atoms with Crippen molar-refractivity contribution in [3.63, 3.8) is 0 Å². The van der Waals surface area contributed by atoms with E-state index in [0.29, 0.717) is 0 Å². The second-order valence-corrected chi connectivity index (χ2v) is 4.89. The average molecular weight is 302 g/mol. The number of sulfonamides is 1. The fraction of sp³-hybridized carbons (Fsp3) is 0.167. The van der Waals surface area contributed by atoms with Crippen LogP contribution in [-0.2, 0) is 10.0 Å². The van der Waals surface area contributed by atoms with Gasteiger partial charge in [0, 0.05) is 5.69 Å². The lowest BCUT2D eigenvalue weighted by Gasteiger charge is -2.09. The van der Waals surface area contributed by atoms with Gasteiger partial charge in [0.2, 0.25) is 0 Å². The molecule has 0 amide bonds. The summed E-state index contributed by atoms with van der Waals surface area (Å²) in [5.41, 5.74) is 4.00. The third kappa shape index (κ3) is 2.61. The van der Waals surface area contributed by atoms with E-state index in [1.54, 1.807) is 0 Å². The van der Waals surface area contributed by atoms with E-state index in [-0.39, 0.29) is 10.3 Å². The minimum atomic E-state index is -4.32. The Morgan fingerprint density at radius 3 is 2.40 bits per heavy atom. The number of primary sulfonamides is 1. The molecule has 84 valence electrons. The molecule has 0 unspecified atom stereocenters. The van der Waals surface area contributed by atoms with Crippen molar-refractivity contribution in [1.29, 1.82) is 0 Å². The number of rotatable bonds is 2. The van der Waals surface area contributed by atoms with Gasteiger partial charge in [-0.25, -0.2) is 27.3 Å². The van der Waals surface area contributed by atoms with E-state index in [1.807, 2.05) is 0 Å². The molecule has 0 bridgehead atoms. The zero-order valence-electron chi connectivity index (χ0n) is 7.12. The first-order valence-electron chi connectivity index (χ1n) is 3.50. The Hall–Kier alpha value is -0.800. The van der Waals surface area contributed by atoms with Gasteiger partial charge in [0.1, 0.15) is 4.60 Å². The number of alkyl halides is 2. The van der Waals surface area contributed by atoms with Crippen molar-refractivity contribution in [2.45, 2.75) is 11.5 Å². The number of aromatic nitrogens is 1. The second-order valence-electron chi connectivity index (χ2n) is 2.60. The Morgan fingerprint density at radius 2 is 2.00 bits per heavy atom. The molecule has 0 radical (unpaired) electrons. The molecule has 0 aliphatic rings. The highest BCUT2D eigenvalue weighted by atomic mass is 79.9. The van der Waals surface area contributed by atoms with Gasteiger partial charge in [0.05, 0.1) is 5.56 Å². The minimum Gasteiger partial charge on any atom is -0.398 e. The van der Waals surface area contributed by atoms with Crippen LogP contribution in [0.1, 0.15) is 12.0 Å². The van der Waals surface area contributed by atoms with Crippen molar-refractivity contribution in [3.8, 4) is 0 Å². The van der Waals surface area contributed by atoms with Crippen LogP contribution in [0.2, 0.25) is 0 Å². The number of pyridine rings is 1. The zero-order chi connectivity index (χ0) is 11.8. The van der Waals surface area contributed by atoms with Crippen molar-refractivity contribution in [2.75, 3.05) is 5.73 Å². The van der Waals surface area contributed by atoms with Crippen molar-refractivity contribution >= 4 is 31.6 Å². The summed E-state index contributed by atoms with van der Waals surface area (Å²) in [6.07, 6.45) is -3.06. The quantitative estimate of drug-likeness (QED) is 0.796. The molecule has 0 spiro atoms. The summed E-state index contributed by atoms with van der Waals surface area (Å²) in [5.74, 6) is 0. The Kier molecular flexibility index (Phi) is 3.26. The monoisotopic (exact) mass is 301 g/mol. The highest BCUT2D eigenvalue weighted by Crippen LogP contribution is 2.31. The zero-order valence-corrected chi connectivity index (χ0v) is 9.52. The topological polar surface area (TPSA) is 99.1 Å². The molecule has 4 N–H and O–H groups in total. The Labute approximate surface area is 92.7 Å². The lowest BCUT2D eigenvalue weighted by molar-refractivity contribution is 0.148. The normalized spacial score (nSPS) is 12.1. The van der Waals surface area contributed by atoms with Gasteiger partial charge in [-0.1, -0.05) is 0 Å². The van der Waals surface area contributed by atoms with E-state index in [0.717, 1.165) is 6.07 Å². The molecule has 1 rings (SSSR count). The van der Waals surface area contributed by atoms with Crippen molar-refractivity contribution in [1.82, 2.24) is 4.98 Å². The fourth-order valence-electron chi connectivity index (χ4n) is 0.955. The highest BCUT2D eigenvalue weighted by molar-refractivity contribution is 9.10. The van der Waals surface area contributed by atoms with Crippen LogP contribution in [-0.4, -0.2) is 13.4 Å². The molecular weight excluding hydrogens is 296 g/mol. The van der Waals surface area contributed by atoms with Gasteiger partial charge in [-0.15, -0.1) is 0 Å². The van der Waals surface area contributed by atoms with Crippen LogP contribution in [0.25, 0.3) is 0 Å². The standard InChI is InChI=1S/C6H6BrF2N3O2S/c7-3-1-2(10)4(5(8)9)6(12-3)15(11,13)14/h1,5H,(H2,10,12)(H2,11,13,14). The van der Waals surface area contributed by atoms with Gasteiger partial charge < -0.3 is 5.73 Å². The number of hydrogen-bond acceptors (Lipinski definition) is 4. The molecule has 9 heteroatoms. The first-order chi connectivity index (χ1) is 6.73. The first-order valence-corrected chi connectivity index (χ1v) is 5.84. The molecule has 1 aromatic rings. The van der Waals surface area contributed by atoms with Gasteiger partial charge >= 0.3 is 0 Å². The summed E-state index contributed by atoms with van der Waals surface area (Å²) in [7, 11) is -4.32. The molecule has 1 aromatic heterocycles. The number of nitrogens with zero attached hydrogens (tertiary/aromatic N) is 1. The second kappa shape index (κ2) is 3.99. The number of nitrogen functional groups attached to an aromatic ring is 1. The summed E-state index contributed by atoms with van der Waals surface area (Å²) in [4.78, 5) is 3.37. The Bertz CT molecular complexity index is 491. The third-order valence-corrected chi connectivity index (χ3v) is 2.77. The summed E-state index contributed by atoms with van der Waals surface area (Å²) in [6, 6.07) is 1.08. The third-order valence-electron chi connectivity index (χ3n) is 1.51. The predicted octanol–water partition coefficient (Wildman–Crippen LogP) is 1.01. The lowest BCUT2D eigenvalue weighted by Crippen LogP contribution is -2.18. The largest absolute Gasteiger partial charge is 0.398 e. The molecule has 0 aliphatic carbocycles. The molecule has 1 heterocycles. The molecule has 15 heavy (non-hydrogen) atoms. The Balaban J connectivity index is 3.62. The maximum Gasteiger partial charge on any atom is 0.268 e. The van der Waals surface area contributed by atoms with E-state index >= 15 is 0 Å². The Morgan fingerprint density at radius 1 is 1.47 bits per heavy atom. The van der Waals surface area contributed by atoms with Crippen LogP contribution in [0.3, 0.4) is 0 Å². The smallest absolute Gasteiger partial charge is 0.268 e. The van der Waals surface area contributed by atoms with Crippen LogP contribution in [0.15, 0.2) is 15.7 Å². The van der Waals surface area contributed by atoms with Crippen LogP contribution in [0.5, 0.6) is 0 Å². The van der Waals surface area contributed by atoms with E-state index < -0.39 is 27.0 Å². The van der Waals surface area contributed by atoms with Gasteiger partial charge in [-0.2, -0.15) is 0 Å². The summed E-state index contributed by atoms with van der Waals surface area (Å²) >= 11 is 2.83. The molecule has 5 nitrogen and oxygen atoms in total. The molecule has 0 aliphatic heterocycles. The summed E-state index contributed by atoms with van der Waals surface area (Å²) in [6.45, 7) is 0. The highest BCUT2D eigenvalue weighted by Gasteiger charge is 2.25. The van der Waals surface area contributed by atoms with Gasteiger partial charge in [-0.05, 0) is 22.0 Å². The van der Waals surface area contributed by atoms with E-state index in [1.165, 1.54) is 0 Å². The first kappa shape index (κ1) is 12.3. The summed E-state index contributed by atoms with van der Waals surface area (Å²) in [5, 5.41) is 3.82. The number of halogens is 3. The molecule has 0 fully saturated rings.